The summed E-state index contributed by atoms with van der Waals surface area (Å²) in [6.45, 7) is 0. The van der Waals surface area contributed by atoms with Crippen LogP contribution in [0.25, 0.3) is 0 Å². The van der Waals surface area contributed by atoms with Crippen LogP contribution in [0, 0.1) is 10.1 Å². The van der Waals surface area contributed by atoms with Crippen LogP contribution < -0.4 is 5.32 Å². The van der Waals surface area contributed by atoms with Gasteiger partial charge in [0.25, 0.3) is 20.6 Å². The van der Waals surface area contributed by atoms with Gasteiger partial charge in [-0.1, -0.05) is 11.6 Å². The van der Waals surface area contributed by atoms with Crippen LogP contribution in [0.3, 0.4) is 0 Å². The quantitative estimate of drug-likeness (QED) is 0.513. The van der Waals surface area contributed by atoms with Gasteiger partial charge in [-0.05, 0) is 12.8 Å². The number of nitrogens with one attached hydrogen (secondary N) is 1. The maximum atomic E-state index is 11.9. The summed E-state index contributed by atoms with van der Waals surface area (Å²) >= 11 is 5.82. The normalized spacial score (nSPS) is 14.9. The second-order valence-electron chi connectivity index (χ2n) is 4.25. The van der Waals surface area contributed by atoms with Crippen molar-refractivity contribution in [2.75, 3.05) is 0 Å². The van der Waals surface area contributed by atoms with E-state index in [9.17, 15) is 23.3 Å². The molecule has 0 atom stereocenters. The Labute approximate surface area is 123 Å². The minimum absolute atomic E-state index is 0.00566. The highest BCUT2D eigenvalue weighted by Crippen LogP contribution is 2.33. The SMILES string of the molecule is O=C(NC1CC1)c1cc([N+](=O)[O-])cc(S(=O)(=O)Cl)c1Cl. The predicted octanol–water partition coefficient (Wildman–Crippen LogP) is 2.07. The summed E-state index contributed by atoms with van der Waals surface area (Å²) in [6, 6.07) is 1.64. The summed E-state index contributed by atoms with van der Waals surface area (Å²) in [4.78, 5) is 21.2. The van der Waals surface area contributed by atoms with Gasteiger partial charge in [-0.2, -0.15) is 0 Å². The number of halogens is 2. The molecule has 0 bridgehead atoms. The lowest BCUT2D eigenvalue weighted by Crippen LogP contribution is -2.26. The Morgan fingerprint density at radius 3 is 2.45 bits per heavy atom. The highest BCUT2D eigenvalue weighted by atomic mass is 35.7. The second kappa shape index (κ2) is 5.19. The van der Waals surface area contributed by atoms with Crippen molar-refractivity contribution >= 4 is 42.9 Å². The molecule has 0 unspecified atom stereocenters. The first-order valence-corrected chi connectivity index (χ1v) is 8.12. The predicted molar refractivity (Wildman–Crippen MR) is 71.6 cm³/mol. The number of rotatable bonds is 4. The van der Waals surface area contributed by atoms with Gasteiger partial charge in [-0.15, -0.1) is 0 Å². The van der Waals surface area contributed by atoms with E-state index in [0.29, 0.717) is 0 Å². The number of carbonyl (C=O) groups is 1. The fraction of sp³-hybridized carbons (Fsp3) is 0.300. The fourth-order valence-electron chi connectivity index (χ4n) is 1.52. The summed E-state index contributed by atoms with van der Waals surface area (Å²) in [5.41, 5.74) is -0.860. The first-order valence-electron chi connectivity index (χ1n) is 5.43. The molecule has 20 heavy (non-hydrogen) atoms. The molecule has 0 aliphatic heterocycles. The van der Waals surface area contributed by atoms with Gasteiger partial charge < -0.3 is 5.32 Å². The van der Waals surface area contributed by atoms with Gasteiger partial charge in [-0.3, -0.25) is 14.9 Å². The van der Waals surface area contributed by atoms with E-state index < -0.39 is 35.5 Å². The molecule has 10 heteroatoms. The van der Waals surface area contributed by atoms with Crippen molar-refractivity contribution in [3.8, 4) is 0 Å². The summed E-state index contributed by atoms with van der Waals surface area (Å²) < 4.78 is 22.7. The van der Waals surface area contributed by atoms with Gasteiger partial charge in [0.05, 0.1) is 15.5 Å². The standard InChI is InChI=1S/C10H8Cl2N2O5S/c11-9-7(10(15)13-5-1-2-5)3-6(14(16)17)4-8(9)20(12,18)19/h3-5H,1-2H2,(H,13,15). The number of benzene rings is 1. The van der Waals surface area contributed by atoms with E-state index in [4.69, 9.17) is 22.3 Å². The number of nitrogens with zero attached hydrogens (tertiary/aromatic N) is 1. The second-order valence-corrected chi connectivity index (χ2v) is 7.16. The lowest BCUT2D eigenvalue weighted by molar-refractivity contribution is -0.385. The van der Waals surface area contributed by atoms with Gasteiger partial charge in [0.2, 0.25) is 0 Å². The van der Waals surface area contributed by atoms with Gasteiger partial charge in [0.1, 0.15) is 4.90 Å². The fourth-order valence-corrected chi connectivity index (χ4v) is 3.09. The van der Waals surface area contributed by atoms with Gasteiger partial charge >= 0.3 is 0 Å². The average molecular weight is 339 g/mol. The van der Waals surface area contributed by atoms with Crippen LogP contribution in [0.2, 0.25) is 5.02 Å². The van der Waals surface area contributed by atoms with Crippen LogP contribution in [0.4, 0.5) is 5.69 Å². The Kier molecular flexibility index (Phi) is 3.90. The maximum Gasteiger partial charge on any atom is 0.271 e. The Morgan fingerprint density at radius 1 is 1.40 bits per heavy atom. The molecular weight excluding hydrogens is 331 g/mol. The molecule has 2 rings (SSSR count). The highest BCUT2D eigenvalue weighted by molar-refractivity contribution is 8.13. The van der Waals surface area contributed by atoms with Crippen LogP contribution in [-0.2, 0) is 9.05 Å². The molecule has 7 nitrogen and oxygen atoms in total. The van der Waals surface area contributed by atoms with Crippen molar-refractivity contribution in [2.24, 2.45) is 0 Å². The van der Waals surface area contributed by atoms with Crippen LogP contribution in [0.5, 0.6) is 0 Å². The molecule has 1 saturated carbocycles. The van der Waals surface area contributed by atoms with Crippen LogP contribution in [0.1, 0.15) is 23.2 Å². The molecule has 1 aromatic rings. The zero-order valence-corrected chi connectivity index (χ0v) is 12.1. The van der Waals surface area contributed by atoms with E-state index in [1.54, 1.807) is 0 Å². The number of hydrogen-bond acceptors (Lipinski definition) is 5. The topological polar surface area (TPSA) is 106 Å². The Balaban J connectivity index is 2.56. The molecule has 1 N–H and O–H groups in total. The zero-order valence-electron chi connectivity index (χ0n) is 9.80. The molecule has 0 radical (unpaired) electrons. The van der Waals surface area contributed by atoms with E-state index in [1.807, 2.05) is 0 Å². The largest absolute Gasteiger partial charge is 0.349 e. The monoisotopic (exact) mass is 338 g/mol. The molecule has 0 heterocycles. The van der Waals surface area contributed by atoms with Crippen molar-refractivity contribution in [1.82, 2.24) is 5.32 Å². The number of nitro groups is 1. The number of carbonyl (C=O) groups excluding carboxylic acids is 1. The van der Waals surface area contributed by atoms with Gasteiger partial charge in [0, 0.05) is 28.9 Å². The molecule has 1 aliphatic carbocycles. The minimum atomic E-state index is -4.30. The Hall–Kier alpha value is -1.38. The van der Waals surface area contributed by atoms with Crippen molar-refractivity contribution < 1.29 is 18.1 Å². The van der Waals surface area contributed by atoms with Crippen molar-refractivity contribution in [3.63, 3.8) is 0 Å². The molecular formula is C10H8Cl2N2O5S. The van der Waals surface area contributed by atoms with E-state index in [2.05, 4.69) is 5.32 Å². The zero-order chi connectivity index (χ0) is 15.1. The number of hydrogen-bond donors (Lipinski definition) is 1. The Morgan fingerprint density at radius 2 is 2.00 bits per heavy atom. The molecule has 108 valence electrons. The molecule has 0 saturated heterocycles. The third-order valence-corrected chi connectivity index (χ3v) is 4.52. The number of amides is 1. The summed E-state index contributed by atoms with van der Waals surface area (Å²) in [5, 5.41) is 12.9. The molecule has 1 fully saturated rings. The van der Waals surface area contributed by atoms with Crippen molar-refractivity contribution in [3.05, 3.63) is 32.8 Å². The van der Waals surface area contributed by atoms with E-state index >= 15 is 0 Å². The third kappa shape index (κ3) is 3.20. The van der Waals surface area contributed by atoms with Crippen LogP contribution in [-0.4, -0.2) is 25.3 Å². The van der Waals surface area contributed by atoms with Crippen LogP contribution >= 0.6 is 22.3 Å². The van der Waals surface area contributed by atoms with E-state index in [-0.39, 0.29) is 11.6 Å². The summed E-state index contributed by atoms with van der Waals surface area (Å²) in [5.74, 6) is -0.664. The molecule has 0 aromatic heterocycles. The lowest BCUT2D eigenvalue weighted by Gasteiger charge is -2.08. The molecule has 1 amide bonds. The Bertz CT molecular complexity index is 700. The highest BCUT2D eigenvalue weighted by Gasteiger charge is 2.29. The van der Waals surface area contributed by atoms with Crippen LogP contribution in [0.15, 0.2) is 17.0 Å². The van der Waals surface area contributed by atoms with E-state index in [1.165, 1.54) is 0 Å². The molecule has 1 aliphatic rings. The lowest BCUT2D eigenvalue weighted by atomic mass is 10.2. The molecule has 0 spiro atoms. The first kappa shape index (κ1) is 15.0. The first-order chi connectivity index (χ1) is 9.20. The van der Waals surface area contributed by atoms with E-state index in [0.717, 1.165) is 25.0 Å². The maximum absolute atomic E-state index is 11.9. The number of non-ortho nitro benzene ring substituents is 1. The third-order valence-electron chi connectivity index (χ3n) is 2.65. The minimum Gasteiger partial charge on any atom is -0.349 e. The molecule has 1 aromatic carbocycles. The smallest absolute Gasteiger partial charge is 0.271 e. The van der Waals surface area contributed by atoms with Crippen molar-refractivity contribution in [1.29, 1.82) is 0 Å². The van der Waals surface area contributed by atoms with Gasteiger partial charge in [-0.25, -0.2) is 8.42 Å². The average Bonchev–Trinajstić information content (AvgIpc) is 3.11. The summed E-state index contributed by atoms with van der Waals surface area (Å²) in [6.07, 6.45) is 1.61. The van der Waals surface area contributed by atoms with Crippen molar-refractivity contribution in [2.45, 2.75) is 23.8 Å². The number of nitro benzene ring substituents is 1. The summed E-state index contributed by atoms with van der Waals surface area (Å²) in [7, 11) is 0.866. The van der Waals surface area contributed by atoms with Gasteiger partial charge in [0.15, 0.2) is 0 Å².